The summed E-state index contributed by atoms with van der Waals surface area (Å²) in [6.07, 6.45) is 1.21. The third-order valence-electron chi connectivity index (χ3n) is 3.95. The Labute approximate surface area is 150 Å². The monoisotopic (exact) mass is 383 g/mol. The van der Waals surface area contributed by atoms with Crippen molar-refractivity contribution in [1.29, 1.82) is 0 Å². The van der Waals surface area contributed by atoms with Crippen LogP contribution in [-0.2, 0) is 4.79 Å². The van der Waals surface area contributed by atoms with E-state index >= 15 is 0 Å². The molecule has 1 unspecified atom stereocenters. The molecule has 1 aliphatic heterocycles. The van der Waals surface area contributed by atoms with Crippen molar-refractivity contribution >= 4 is 40.1 Å². The number of fused-ring (bicyclic) bond motifs is 2. The van der Waals surface area contributed by atoms with Gasteiger partial charge in [0, 0.05) is 23.8 Å². The second-order valence-electron chi connectivity index (χ2n) is 5.51. The minimum atomic E-state index is -0.807. The van der Waals surface area contributed by atoms with Gasteiger partial charge in [0.1, 0.15) is 35.9 Å². The number of carbonyl (C=O) groups excluding carboxylic acids is 1. The van der Waals surface area contributed by atoms with Gasteiger partial charge in [-0.05, 0) is 6.07 Å². The Balaban J connectivity index is 1.66. The molecule has 9 heteroatoms. The predicted octanol–water partition coefficient (Wildman–Crippen LogP) is 3.87. The molecule has 0 bridgehead atoms. The Morgan fingerprint density at radius 3 is 2.80 bits per heavy atom. The zero-order chi connectivity index (χ0) is 17.7. The first-order valence-electron chi connectivity index (χ1n) is 7.19. The van der Waals surface area contributed by atoms with E-state index in [9.17, 15) is 13.6 Å². The van der Waals surface area contributed by atoms with Gasteiger partial charge < -0.3 is 4.74 Å². The van der Waals surface area contributed by atoms with Gasteiger partial charge >= 0.3 is 0 Å². The minimum absolute atomic E-state index is 0.0420. The quantitative estimate of drug-likeness (QED) is 0.730. The van der Waals surface area contributed by atoms with Gasteiger partial charge in [-0.1, -0.05) is 23.2 Å². The molecule has 1 N–H and O–H groups in total. The first-order valence-corrected chi connectivity index (χ1v) is 7.94. The maximum Gasteiger partial charge on any atom is 0.250 e. The van der Waals surface area contributed by atoms with Crippen molar-refractivity contribution in [3.8, 4) is 5.75 Å². The molecule has 25 heavy (non-hydrogen) atoms. The number of benzene rings is 2. The molecule has 0 aliphatic carbocycles. The number of carbonyl (C=O) groups is 1. The number of ether oxygens (including phenoxy) is 1. The lowest BCUT2D eigenvalue weighted by Gasteiger charge is -2.12. The highest BCUT2D eigenvalue weighted by molar-refractivity contribution is 6.42. The lowest BCUT2D eigenvalue weighted by atomic mass is 10.0. The highest BCUT2D eigenvalue weighted by atomic mass is 35.5. The Morgan fingerprint density at radius 1 is 1.24 bits per heavy atom. The largest absolute Gasteiger partial charge is 0.492 e. The van der Waals surface area contributed by atoms with E-state index in [4.69, 9.17) is 27.9 Å². The summed E-state index contributed by atoms with van der Waals surface area (Å²) in [6.45, 7) is 0.104. The summed E-state index contributed by atoms with van der Waals surface area (Å²) < 4.78 is 33.8. The molecule has 2 heterocycles. The molecule has 0 spiro atoms. The van der Waals surface area contributed by atoms with Crippen molar-refractivity contribution in [2.45, 2.75) is 5.92 Å². The number of nitrogens with one attached hydrogen (secondary N) is 1. The van der Waals surface area contributed by atoms with Crippen molar-refractivity contribution in [2.75, 3.05) is 12.0 Å². The van der Waals surface area contributed by atoms with Gasteiger partial charge in [0.15, 0.2) is 5.82 Å². The normalized spacial score (nSPS) is 15.9. The lowest BCUT2D eigenvalue weighted by Crippen LogP contribution is -2.28. The lowest BCUT2D eigenvalue weighted by molar-refractivity contribution is -0.118. The molecular weight excluding hydrogens is 375 g/mol. The molecule has 1 amide bonds. The molecule has 128 valence electrons. The van der Waals surface area contributed by atoms with Gasteiger partial charge in [-0.3, -0.25) is 10.2 Å². The van der Waals surface area contributed by atoms with Gasteiger partial charge in [0.2, 0.25) is 5.91 Å². The van der Waals surface area contributed by atoms with E-state index in [0.717, 1.165) is 12.1 Å². The van der Waals surface area contributed by atoms with E-state index in [2.05, 4.69) is 10.4 Å². The van der Waals surface area contributed by atoms with Crippen LogP contribution in [0.25, 0.3) is 11.0 Å². The van der Waals surface area contributed by atoms with E-state index in [-0.39, 0.29) is 17.6 Å². The molecule has 0 fully saturated rings. The standard InChI is InChI=1S/C16H9Cl2F2N3O2/c17-10-3-8-9(5-25-14(8)4-11(10)18)16(24)22-23-6-21-15-12(20)1-7(19)2-13(15)23/h1-4,6,9H,5H2,(H,22,24). The summed E-state index contributed by atoms with van der Waals surface area (Å²) in [5, 5.41) is 0.633. The highest BCUT2D eigenvalue weighted by Crippen LogP contribution is 2.39. The second-order valence-corrected chi connectivity index (χ2v) is 6.33. The topological polar surface area (TPSA) is 56.2 Å². The third-order valence-corrected chi connectivity index (χ3v) is 4.67. The van der Waals surface area contributed by atoms with Gasteiger partial charge in [-0.2, -0.15) is 0 Å². The summed E-state index contributed by atoms with van der Waals surface area (Å²) in [5.74, 6) is -2.17. The molecule has 0 saturated heterocycles. The van der Waals surface area contributed by atoms with E-state index in [0.29, 0.717) is 21.4 Å². The third kappa shape index (κ3) is 2.69. The van der Waals surface area contributed by atoms with Crippen LogP contribution in [-0.4, -0.2) is 22.2 Å². The van der Waals surface area contributed by atoms with E-state index in [1.165, 1.54) is 11.0 Å². The molecule has 1 aliphatic rings. The van der Waals surface area contributed by atoms with Crippen LogP contribution >= 0.6 is 23.2 Å². The Kier molecular flexibility index (Phi) is 3.77. The first kappa shape index (κ1) is 16.1. The molecule has 4 rings (SSSR count). The van der Waals surface area contributed by atoms with Crippen LogP contribution in [0.15, 0.2) is 30.6 Å². The van der Waals surface area contributed by atoms with Crippen molar-refractivity contribution in [3.05, 3.63) is 57.8 Å². The van der Waals surface area contributed by atoms with Crippen LogP contribution in [0.2, 0.25) is 10.0 Å². The summed E-state index contributed by atoms with van der Waals surface area (Å²) >= 11 is 11.9. The fourth-order valence-electron chi connectivity index (χ4n) is 2.75. The second kappa shape index (κ2) is 5.86. The molecule has 3 aromatic rings. The van der Waals surface area contributed by atoms with Crippen molar-refractivity contribution in [1.82, 2.24) is 9.66 Å². The minimum Gasteiger partial charge on any atom is -0.492 e. The number of hydrogen-bond acceptors (Lipinski definition) is 3. The van der Waals surface area contributed by atoms with E-state index < -0.39 is 23.5 Å². The van der Waals surface area contributed by atoms with Gasteiger partial charge in [-0.25, -0.2) is 18.4 Å². The SMILES string of the molecule is O=C(Nn1cnc2c(F)cc(F)cc21)C1COc2cc(Cl)c(Cl)cc21. The zero-order valence-corrected chi connectivity index (χ0v) is 13.9. The Hall–Kier alpha value is -2.38. The number of nitrogens with zero attached hydrogens (tertiary/aromatic N) is 2. The molecule has 1 atom stereocenters. The summed E-state index contributed by atoms with van der Waals surface area (Å²) in [7, 11) is 0. The first-order chi connectivity index (χ1) is 11.9. The highest BCUT2D eigenvalue weighted by Gasteiger charge is 2.32. The van der Waals surface area contributed by atoms with Gasteiger partial charge in [-0.15, -0.1) is 0 Å². The Morgan fingerprint density at radius 2 is 2.00 bits per heavy atom. The molecule has 1 aromatic heterocycles. The van der Waals surface area contributed by atoms with Crippen molar-refractivity contribution in [3.63, 3.8) is 0 Å². The fraction of sp³-hybridized carbons (Fsp3) is 0.125. The average molecular weight is 384 g/mol. The van der Waals surface area contributed by atoms with Crippen molar-refractivity contribution in [2.24, 2.45) is 0 Å². The molecule has 2 aromatic carbocycles. The number of rotatable bonds is 2. The van der Waals surface area contributed by atoms with Crippen LogP contribution in [0.4, 0.5) is 8.78 Å². The molecule has 5 nitrogen and oxygen atoms in total. The van der Waals surface area contributed by atoms with E-state index in [1.807, 2.05) is 0 Å². The van der Waals surface area contributed by atoms with Crippen LogP contribution in [0.1, 0.15) is 11.5 Å². The summed E-state index contributed by atoms with van der Waals surface area (Å²) in [6, 6.07) is 4.93. The fourth-order valence-corrected chi connectivity index (χ4v) is 3.07. The van der Waals surface area contributed by atoms with Crippen LogP contribution < -0.4 is 10.2 Å². The van der Waals surface area contributed by atoms with Crippen molar-refractivity contribution < 1.29 is 18.3 Å². The molecule has 0 radical (unpaired) electrons. The van der Waals surface area contributed by atoms with Crippen LogP contribution in [0, 0.1) is 11.6 Å². The van der Waals surface area contributed by atoms with Crippen LogP contribution in [0.3, 0.4) is 0 Å². The number of amides is 1. The number of hydrogen-bond donors (Lipinski definition) is 1. The Bertz CT molecular complexity index is 1020. The van der Waals surface area contributed by atoms with E-state index in [1.54, 1.807) is 12.1 Å². The van der Waals surface area contributed by atoms with Gasteiger partial charge in [0.25, 0.3) is 0 Å². The maximum absolute atomic E-state index is 13.7. The zero-order valence-electron chi connectivity index (χ0n) is 12.4. The molecule has 0 saturated carbocycles. The maximum atomic E-state index is 13.7. The number of halogens is 4. The van der Waals surface area contributed by atoms with Gasteiger partial charge in [0.05, 0.1) is 15.6 Å². The summed E-state index contributed by atoms with van der Waals surface area (Å²) in [4.78, 5) is 16.4. The smallest absolute Gasteiger partial charge is 0.250 e. The average Bonchev–Trinajstić information content (AvgIpc) is 3.12. The predicted molar refractivity (Wildman–Crippen MR) is 88.7 cm³/mol. The number of imidazole rings is 1. The molecular formula is C16H9Cl2F2N3O2. The van der Waals surface area contributed by atoms with Crippen LogP contribution in [0.5, 0.6) is 5.75 Å². The summed E-state index contributed by atoms with van der Waals surface area (Å²) in [5.41, 5.74) is 3.22. The number of aromatic nitrogens is 2.